The Hall–Kier alpha value is -11.9. The van der Waals surface area contributed by atoms with Crippen molar-refractivity contribution in [3.8, 4) is 23.0 Å². The fourth-order valence-electron chi connectivity index (χ4n) is 13.5. The number of ether oxygens (including phenoxy) is 8. The van der Waals surface area contributed by atoms with Gasteiger partial charge in [-0.25, -0.2) is 19.2 Å². The molecule has 0 saturated carbocycles. The van der Waals surface area contributed by atoms with Crippen molar-refractivity contribution < 1.29 is 124 Å². The number of aliphatic carboxylic acids is 1. The number of likely N-dealkylation sites (N-methyl/N-ethyl adjacent to an activating group) is 4. The molecule has 8 N–H and O–H groups in total. The molecule has 0 fully saturated rings. The Balaban J connectivity index is 0.00000190. The number of carbonyl (C=O) groups excluding carboxylic acids is 8. The second kappa shape index (κ2) is 60.0. The molecule has 0 saturated heterocycles. The minimum atomic E-state index is -1.75. The number of carboxylic acids is 1. The normalized spacial score (nSPS) is 12.1. The number of carboxylic acid groups (broad SMARTS) is 1. The number of fused-ring (bicyclic) bond motifs is 9. The van der Waals surface area contributed by atoms with Crippen LogP contribution in [0.1, 0.15) is 164 Å². The van der Waals surface area contributed by atoms with E-state index in [1.54, 1.807) is 27.7 Å². The number of nitrogens with two attached hydrogens (primary N) is 1. The van der Waals surface area contributed by atoms with Gasteiger partial charge in [0, 0.05) is 75.4 Å². The van der Waals surface area contributed by atoms with Crippen LogP contribution in [0, 0.1) is 61.3 Å². The standard InChI is InChI=1S/C84H128N8O16S4.C11H12N2O2.4NO3/c1-25-101-73(97)49-89(17,18)37-29-33-85-69(93)53-105-77-61-41-57(81(5,6)7)42-62(77)110-64-44-59(83(11,12)13)46-66(79(64)107-55-71(95)87-35-31-39-91(21,22)51-75(99)103-27-3)112-68-48-60(84(14,15)16)47-67(80(68)108-56-72(96)88-36-32-40-92(23,24)52-76(100)104-28-4)111-65-45-58(82(8,9)10)43-63(109-61)78(65)106-54-70(94)86-34-30-38-90(19,20)50-74(98)102-26-2;12-9(11(14)15)5-7-6-13-10-4-2-1-3-8(7)10;4*2-1(3)4/h41-48H,25-40,49-56H2,1-24H3;1-4,6,9,13H,5,12H2,(H,14,15);;;;/q;;4*-1/p+4. The molecule has 0 radical (unpaired) electrons. The SMILES string of the molecule is CCOC(=O)C[N+](C)(C)CCCNC(=O)COc1c2cc(C(C)(C)C)cc1Sc1cc(C(C)(C)C)cc(c1OCC(=O)NCCC[N+](C)(C)CC(=O)OCC)Sc1cc(C(C)(C)C)cc(c1OCC(=O)NCCC[N+](C)(C)CC(=O)OCC)Sc1cc(C(C)(C)C)cc(c1OCC(=O)NCCC[N+](C)(C)CC(=O)OCC)S2.NC(Cc1c[nH]c2ccccc12)C(=O)O.O=[N+]([O-])[O-].O=[N+]([O-])[O-].O=[N+]([O-])[O-].O=[N+]([O-])[O-]. The van der Waals surface area contributed by atoms with E-state index < -0.39 is 80.4 Å². The van der Waals surface area contributed by atoms with Gasteiger partial charge in [0.2, 0.25) is 0 Å². The van der Waals surface area contributed by atoms with E-state index in [4.69, 9.17) is 110 Å². The van der Waals surface area contributed by atoms with Gasteiger partial charge in [0.25, 0.3) is 23.6 Å². The van der Waals surface area contributed by atoms with E-state index in [0.717, 1.165) is 38.7 Å². The van der Waals surface area contributed by atoms with Crippen LogP contribution >= 0.6 is 47.0 Å². The van der Waals surface area contributed by atoms with Crippen LogP contribution in [-0.2, 0) is 90.2 Å². The molecule has 1 aliphatic rings. The molecule has 2 heterocycles. The minimum absolute atomic E-state index is 0.176. The first-order valence-corrected chi connectivity index (χ1v) is 49.2. The van der Waals surface area contributed by atoms with Crippen molar-refractivity contribution in [1.29, 1.82) is 0 Å². The summed E-state index contributed by atoms with van der Waals surface area (Å²) in [6.07, 6.45) is 4.40. The monoisotopic (exact) mass is 2090 g/mol. The summed E-state index contributed by atoms with van der Waals surface area (Å²) in [5.74, 6) is -2.18. The summed E-state index contributed by atoms with van der Waals surface area (Å²) in [5.41, 5.74) is 9.18. The number of nitrogens with one attached hydrogen (secondary N) is 5. The number of hydrogen-bond acceptors (Lipinski definition) is 34. The van der Waals surface area contributed by atoms with Gasteiger partial charge in [0.05, 0.1) is 168 Å². The van der Waals surface area contributed by atoms with Crippen molar-refractivity contribution >= 4 is 111 Å². The van der Waals surface area contributed by atoms with Crippen LogP contribution in [0.2, 0.25) is 0 Å². The average Bonchev–Trinajstić information content (AvgIpc) is 1.30. The molecule has 48 heteroatoms. The van der Waals surface area contributed by atoms with Crippen molar-refractivity contribution in [2.24, 2.45) is 5.73 Å². The van der Waals surface area contributed by atoms with Gasteiger partial charge in [-0.3, -0.25) is 24.0 Å². The molecule has 1 aromatic heterocycles. The Morgan fingerprint density at radius 2 is 0.580 bits per heavy atom. The highest BCUT2D eigenvalue weighted by Crippen LogP contribution is 2.57. The Kier molecular flexibility index (Phi) is 53.3. The maximum absolute atomic E-state index is 14.4. The summed E-state index contributed by atoms with van der Waals surface area (Å²) in [6, 6.07) is 23.5. The first-order valence-electron chi connectivity index (χ1n) is 45.9. The Labute approximate surface area is 851 Å². The molecular formula is C95H144N14O30S4. The van der Waals surface area contributed by atoms with Crippen molar-refractivity contribution in [1.82, 2.24) is 26.3 Å². The van der Waals surface area contributed by atoms with E-state index in [1.807, 2.05) is 86.8 Å². The predicted molar refractivity (Wildman–Crippen MR) is 543 cm³/mol. The van der Waals surface area contributed by atoms with Gasteiger partial charge < -0.3 is 154 Å². The highest BCUT2D eigenvalue weighted by molar-refractivity contribution is 8.01. The fourth-order valence-corrected chi connectivity index (χ4v) is 18.3. The van der Waals surface area contributed by atoms with Gasteiger partial charge in [-0.15, -0.1) is 0 Å². The smallest absolute Gasteiger partial charge is 0.361 e. The molecular weight excluding hydrogens is 1950 g/mol. The van der Waals surface area contributed by atoms with E-state index in [9.17, 15) is 43.2 Å². The number of para-hydroxylation sites is 1. The molecule has 0 aliphatic carbocycles. The third-order valence-electron chi connectivity index (χ3n) is 20.7. The lowest BCUT2D eigenvalue weighted by molar-refractivity contribution is -0.883. The van der Waals surface area contributed by atoms with Gasteiger partial charge in [-0.05, 0) is 132 Å². The number of H-pyrrole nitrogens is 1. The first-order chi connectivity index (χ1) is 66.2. The van der Waals surface area contributed by atoms with Gasteiger partial charge in [0.15, 0.2) is 52.6 Å². The number of nitrogens with zero attached hydrogens (tertiary/aromatic N) is 8. The molecule has 143 heavy (non-hydrogen) atoms. The molecule has 1 atom stereocenters. The van der Waals surface area contributed by atoms with Gasteiger partial charge in [-0.1, -0.05) is 148 Å². The van der Waals surface area contributed by atoms with Crippen LogP contribution in [0.25, 0.3) is 10.9 Å². The molecule has 8 bridgehead atoms. The molecule has 5 aromatic carbocycles. The van der Waals surface area contributed by atoms with Crippen LogP contribution < -0.4 is 45.9 Å². The third kappa shape index (κ3) is 51.2. The highest BCUT2D eigenvalue weighted by atomic mass is 32.2. The van der Waals surface area contributed by atoms with E-state index in [1.165, 1.54) is 47.0 Å². The Bertz CT molecular complexity index is 4590. The largest absolute Gasteiger partial charge is 0.481 e. The van der Waals surface area contributed by atoms with Crippen molar-refractivity contribution in [2.45, 2.75) is 210 Å². The fraction of sp³-hybridized carbons (Fsp3) is 0.568. The molecule has 1 unspecified atom stereocenters. The van der Waals surface area contributed by atoms with E-state index in [-0.39, 0.29) is 100 Å². The third-order valence-corrected chi connectivity index (χ3v) is 24.9. The number of aromatic amines is 1. The van der Waals surface area contributed by atoms with E-state index in [0.29, 0.717) is 165 Å². The molecule has 798 valence electrons. The van der Waals surface area contributed by atoms with Crippen LogP contribution in [0.15, 0.2) is 118 Å². The second-order valence-corrected chi connectivity index (χ2v) is 43.8. The lowest BCUT2D eigenvalue weighted by atomic mass is 9.87. The number of amides is 4. The molecule has 0 spiro atoms. The van der Waals surface area contributed by atoms with Gasteiger partial charge in [0.1, 0.15) is 29.0 Å². The van der Waals surface area contributed by atoms with Crippen LogP contribution in [0.4, 0.5) is 0 Å². The zero-order valence-electron chi connectivity index (χ0n) is 86.3. The van der Waals surface area contributed by atoms with Crippen molar-refractivity contribution in [3.05, 3.63) is 168 Å². The molecule has 1 aliphatic heterocycles. The zero-order valence-corrected chi connectivity index (χ0v) is 89.6. The maximum Gasteiger partial charge on any atom is 0.361 e. The lowest BCUT2D eigenvalue weighted by Crippen LogP contribution is -2.46. The summed E-state index contributed by atoms with van der Waals surface area (Å²) < 4.78 is 50.5. The average molecular weight is 2090 g/mol. The molecule has 7 rings (SSSR count). The van der Waals surface area contributed by atoms with Crippen molar-refractivity contribution in [2.75, 3.05) is 188 Å². The first kappa shape index (κ1) is 127. The summed E-state index contributed by atoms with van der Waals surface area (Å²) in [6.45, 7) is 36.4. The molecule has 44 nitrogen and oxygen atoms in total. The predicted octanol–water partition coefficient (Wildman–Crippen LogP) is 12.1. The number of esters is 4. The number of quaternary nitrogens is 4. The topological polar surface area (TPSA) is 602 Å². The number of hydrogen-bond donors (Lipinski definition) is 7. The summed E-state index contributed by atoms with van der Waals surface area (Å²) >= 11 is 5.50. The second-order valence-electron chi connectivity index (χ2n) is 39.5. The van der Waals surface area contributed by atoms with Gasteiger partial charge in [-0.2, -0.15) is 0 Å². The van der Waals surface area contributed by atoms with Crippen LogP contribution in [0.3, 0.4) is 0 Å². The van der Waals surface area contributed by atoms with Crippen molar-refractivity contribution in [3.63, 3.8) is 0 Å². The van der Waals surface area contributed by atoms with E-state index >= 15 is 0 Å². The molecule has 4 amide bonds. The zero-order chi connectivity index (χ0) is 109. The summed E-state index contributed by atoms with van der Waals surface area (Å²) in [5, 5.41) is 81.0. The van der Waals surface area contributed by atoms with E-state index in [2.05, 4.69) is 158 Å². The van der Waals surface area contributed by atoms with Crippen LogP contribution in [-0.4, -0.2) is 296 Å². The summed E-state index contributed by atoms with van der Waals surface area (Å²) in [4.78, 5) is 159. The number of benzene rings is 5. The Morgan fingerprint density at radius 1 is 0.378 bits per heavy atom. The number of aromatic nitrogens is 1. The summed E-state index contributed by atoms with van der Waals surface area (Å²) in [7, 11) is 15.6. The lowest BCUT2D eigenvalue weighted by Gasteiger charge is -2.29. The number of rotatable bonds is 43. The number of carbonyl (C=O) groups is 9. The quantitative estimate of drug-likeness (QED) is 0.00466. The van der Waals surface area contributed by atoms with Crippen LogP contribution in [0.5, 0.6) is 23.0 Å². The van der Waals surface area contributed by atoms with Gasteiger partial charge >= 0.3 is 29.8 Å². The molecule has 6 aromatic rings. The minimum Gasteiger partial charge on any atom is -0.481 e. The Morgan fingerprint density at radius 3 is 0.769 bits per heavy atom. The highest BCUT2D eigenvalue weighted by Gasteiger charge is 2.34. The maximum atomic E-state index is 14.4.